The predicted molar refractivity (Wildman–Crippen MR) is 70.3 cm³/mol. The molecule has 1 fully saturated rings. The number of aromatic nitrogens is 1. The summed E-state index contributed by atoms with van der Waals surface area (Å²) >= 11 is 1.46. The number of hydrogen-bond acceptors (Lipinski definition) is 3. The van der Waals surface area contributed by atoms with E-state index in [0.29, 0.717) is 18.0 Å². The Morgan fingerprint density at radius 3 is 2.53 bits per heavy atom. The lowest BCUT2D eigenvalue weighted by atomic mass is 10.0. The summed E-state index contributed by atoms with van der Waals surface area (Å²) in [5.74, 6) is 0.668. The van der Waals surface area contributed by atoms with Crippen molar-refractivity contribution in [3.63, 3.8) is 0 Å². The second-order valence-corrected chi connectivity index (χ2v) is 6.05. The van der Waals surface area contributed by atoms with E-state index in [4.69, 9.17) is 0 Å². The first-order chi connectivity index (χ1) is 8.02. The van der Waals surface area contributed by atoms with Crippen molar-refractivity contribution in [2.75, 3.05) is 0 Å². The molecule has 0 radical (unpaired) electrons. The minimum atomic E-state index is 0.175. The summed E-state index contributed by atoms with van der Waals surface area (Å²) in [4.78, 5) is 19.6. The van der Waals surface area contributed by atoms with Crippen molar-refractivity contribution in [3.05, 3.63) is 16.1 Å². The predicted octanol–water partition coefficient (Wildman–Crippen LogP) is 3.10. The molecule has 3 nitrogen and oxygen atoms in total. The second-order valence-electron chi connectivity index (χ2n) is 5.20. The molecule has 1 aromatic rings. The van der Waals surface area contributed by atoms with Crippen molar-refractivity contribution in [2.24, 2.45) is 5.92 Å². The van der Waals surface area contributed by atoms with Crippen LogP contribution in [0.3, 0.4) is 0 Å². The number of carbonyl (C=O) groups excluding carboxylic acids is 1. The van der Waals surface area contributed by atoms with Gasteiger partial charge in [0.2, 0.25) is 0 Å². The molecule has 94 valence electrons. The molecule has 2 rings (SSSR count). The third-order valence-corrected chi connectivity index (χ3v) is 4.43. The van der Waals surface area contributed by atoms with Gasteiger partial charge in [-0.3, -0.25) is 4.79 Å². The lowest BCUT2D eigenvalue weighted by Crippen LogP contribution is -2.43. The second kappa shape index (κ2) is 4.77. The summed E-state index contributed by atoms with van der Waals surface area (Å²) in [7, 11) is 0. The van der Waals surface area contributed by atoms with Gasteiger partial charge in [-0.15, -0.1) is 11.3 Å². The van der Waals surface area contributed by atoms with E-state index in [1.54, 1.807) is 5.51 Å². The third kappa shape index (κ3) is 2.51. The van der Waals surface area contributed by atoms with Crippen LogP contribution in [0.2, 0.25) is 0 Å². The fourth-order valence-electron chi connectivity index (χ4n) is 1.98. The maximum atomic E-state index is 12.6. The zero-order valence-corrected chi connectivity index (χ0v) is 11.8. The number of nitrogens with zero attached hydrogens (tertiary/aromatic N) is 2. The molecule has 1 aromatic heterocycles. The van der Waals surface area contributed by atoms with Crippen LogP contribution < -0.4 is 0 Å². The van der Waals surface area contributed by atoms with Crippen molar-refractivity contribution >= 4 is 17.2 Å². The van der Waals surface area contributed by atoms with Crippen LogP contribution in [-0.4, -0.2) is 27.9 Å². The smallest absolute Gasteiger partial charge is 0.266 e. The van der Waals surface area contributed by atoms with Crippen LogP contribution in [0.4, 0.5) is 0 Å². The molecule has 1 aliphatic carbocycles. The Bertz CT molecular complexity index is 409. The summed E-state index contributed by atoms with van der Waals surface area (Å²) in [6, 6.07) is 0.762. The minimum Gasteiger partial charge on any atom is -0.332 e. The molecule has 0 aliphatic heterocycles. The maximum absolute atomic E-state index is 12.6. The summed E-state index contributed by atoms with van der Waals surface area (Å²) in [5.41, 5.74) is 2.62. The molecule has 1 unspecified atom stereocenters. The number of carbonyl (C=O) groups is 1. The van der Waals surface area contributed by atoms with E-state index in [1.807, 2.05) is 6.92 Å². The largest absolute Gasteiger partial charge is 0.332 e. The van der Waals surface area contributed by atoms with Crippen molar-refractivity contribution in [3.8, 4) is 0 Å². The van der Waals surface area contributed by atoms with Gasteiger partial charge in [-0.2, -0.15) is 0 Å². The molecule has 0 N–H and O–H groups in total. The van der Waals surface area contributed by atoms with Gasteiger partial charge in [0.25, 0.3) is 5.91 Å². The molecular weight excluding hydrogens is 232 g/mol. The molecule has 4 heteroatoms. The van der Waals surface area contributed by atoms with E-state index in [9.17, 15) is 4.79 Å². The van der Waals surface area contributed by atoms with Gasteiger partial charge in [0, 0.05) is 12.1 Å². The molecule has 1 atom stereocenters. The Balaban J connectivity index is 2.22. The van der Waals surface area contributed by atoms with Gasteiger partial charge in [0.15, 0.2) is 0 Å². The molecule has 17 heavy (non-hydrogen) atoms. The van der Waals surface area contributed by atoms with Crippen LogP contribution >= 0.6 is 11.3 Å². The molecule has 0 bridgehead atoms. The van der Waals surface area contributed by atoms with Gasteiger partial charge >= 0.3 is 0 Å². The first kappa shape index (κ1) is 12.6. The molecule has 1 saturated carbocycles. The number of hydrogen-bond donors (Lipinski definition) is 0. The van der Waals surface area contributed by atoms with Crippen molar-refractivity contribution in [1.82, 2.24) is 9.88 Å². The normalized spacial score (nSPS) is 17.2. The van der Waals surface area contributed by atoms with E-state index in [1.165, 1.54) is 11.3 Å². The highest BCUT2D eigenvalue weighted by atomic mass is 32.1. The van der Waals surface area contributed by atoms with Gasteiger partial charge < -0.3 is 4.90 Å². The lowest BCUT2D eigenvalue weighted by Gasteiger charge is -2.31. The van der Waals surface area contributed by atoms with Crippen molar-refractivity contribution in [2.45, 2.75) is 52.6 Å². The van der Waals surface area contributed by atoms with Crippen LogP contribution in [0.15, 0.2) is 5.51 Å². The molecule has 0 aromatic carbocycles. The van der Waals surface area contributed by atoms with Crippen LogP contribution in [0, 0.1) is 12.8 Å². The topological polar surface area (TPSA) is 33.2 Å². The van der Waals surface area contributed by atoms with Crippen LogP contribution in [0.5, 0.6) is 0 Å². The average molecular weight is 252 g/mol. The van der Waals surface area contributed by atoms with E-state index in [0.717, 1.165) is 23.4 Å². The molecule has 1 heterocycles. The quantitative estimate of drug-likeness (QED) is 0.825. The lowest BCUT2D eigenvalue weighted by molar-refractivity contribution is 0.0632. The van der Waals surface area contributed by atoms with Crippen LogP contribution in [0.1, 0.15) is 49.0 Å². The summed E-state index contributed by atoms with van der Waals surface area (Å²) in [5, 5.41) is 0. The van der Waals surface area contributed by atoms with Gasteiger partial charge in [0.05, 0.1) is 11.2 Å². The van der Waals surface area contributed by atoms with Gasteiger partial charge in [-0.1, -0.05) is 13.8 Å². The Kier molecular flexibility index (Phi) is 3.52. The van der Waals surface area contributed by atoms with Crippen molar-refractivity contribution < 1.29 is 4.79 Å². The van der Waals surface area contributed by atoms with Gasteiger partial charge in [-0.25, -0.2) is 4.98 Å². The number of rotatable bonds is 4. The highest BCUT2D eigenvalue weighted by Gasteiger charge is 2.37. The van der Waals surface area contributed by atoms with Crippen LogP contribution in [0.25, 0.3) is 0 Å². The number of amides is 1. The molecular formula is C13H20N2OS. The van der Waals surface area contributed by atoms with Crippen molar-refractivity contribution in [1.29, 1.82) is 0 Å². The highest BCUT2D eigenvalue weighted by molar-refractivity contribution is 7.11. The van der Waals surface area contributed by atoms with Crippen LogP contribution in [-0.2, 0) is 0 Å². The zero-order chi connectivity index (χ0) is 12.6. The summed E-state index contributed by atoms with van der Waals surface area (Å²) in [6.45, 7) is 8.41. The SMILES string of the molecule is Cc1ncsc1C(=O)N(C1CC1)C(C)C(C)C. The van der Waals surface area contributed by atoms with E-state index in [2.05, 4.69) is 30.7 Å². The Morgan fingerprint density at radius 2 is 2.12 bits per heavy atom. The number of aryl methyl sites for hydroxylation is 1. The van der Waals surface area contributed by atoms with E-state index >= 15 is 0 Å². The molecule has 0 saturated heterocycles. The Hall–Kier alpha value is -0.900. The molecule has 1 aliphatic rings. The first-order valence-corrected chi connectivity index (χ1v) is 7.13. The number of thiazole rings is 1. The fourth-order valence-corrected chi connectivity index (χ4v) is 2.73. The van der Waals surface area contributed by atoms with Gasteiger partial charge in [-0.05, 0) is 32.6 Å². The van der Waals surface area contributed by atoms with E-state index in [-0.39, 0.29) is 5.91 Å². The molecule has 1 amide bonds. The summed E-state index contributed by atoms with van der Waals surface area (Å²) in [6.07, 6.45) is 2.31. The Labute approximate surface area is 107 Å². The monoisotopic (exact) mass is 252 g/mol. The average Bonchev–Trinajstić information content (AvgIpc) is 3.00. The first-order valence-electron chi connectivity index (χ1n) is 6.25. The van der Waals surface area contributed by atoms with Gasteiger partial charge in [0.1, 0.15) is 4.88 Å². The maximum Gasteiger partial charge on any atom is 0.266 e. The summed E-state index contributed by atoms with van der Waals surface area (Å²) < 4.78 is 0. The Morgan fingerprint density at radius 1 is 1.47 bits per heavy atom. The van der Waals surface area contributed by atoms with E-state index < -0.39 is 0 Å². The zero-order valence-electron chi connectivity index (χ0n) is 10.9. The standard InChI is InChI=1S/C13H20N2OS/c1-8(2)10(4)15(11-5-6-11)13(16)12-9(3)14-7-17-12/h7-8,10-11H,5-6H2,1-4H3. The fraction of sp³-hybridized carbons (Fsp3) is 0.692. The third-order valence-electron chi connectivity index (χ3n) is 3.52. The molecule has 0 spiro atoms. The minimum absolute atomic E-state index is 0.175. The highest BCUT2D eigenvalue weighted by Crippen LogP contribution is 2.33.